The van der Waals surface area contributed by atoms with Gasteiger partial charge in [-0.2, -0.15) is 0 Å². The van der Waals surface area contributed by atoms with E-state index in [1.807, 2.05) is 18.3 Å². The topological polar surface area (TPSA) is 57.0 Å². The molecule has 84 valence electrons. The normalized spacial score (nSPS) is 19.8. The summed E-state index contributed by atoms with van der Waals surface area (Å²) in [7, 11) is 0. The summed E-state index contributed by atoms with van der Waals surface area (Å²) < 4.78 is 8.34. The maximum Gasteiger partial charge on any atom is 0.169 e. The van der Waals surface area contributed by atoms with Gasteiger partial charge in [0.1, 0.15) is 11.5 Å². The summed E-state index contributed by atoms with van der Waals surface area (Å²) in [6.45, 7) is 0.851. The Morgan fingerprint density at radius 1 is 1.50 bits per heavy atom. The Bertz CT molecular complexity index is 517. The van der Waals surface area contributed by atoms with Gasteiger partial charge in [0.2, 0.25) is 0 Å². The highest BCUT2D eigenvalue weighted by Crippen LogP contribution is 2.26. The van der Waals surface area contributed by atoms with Crippen LogP contribution < -0.4 is 5.73 Å². The highest BCUT2D eigenvalue weighted by atomic mass is 79.9. The molecule has 2 N–H and O–H groups in total. The van der Waals surface area contributed by atoms with Gasteiger partial charge in [-0.15, -0.1) is 0 Å². The predicted octanol–water partition coefficient (Wildman–Crippen LogP) is 2.18. The number of aromatic nitrogens is 2. The molecule has 1 atom stereocenters. The molecule has 0 radical (unpaired) electrons. The number of fused-ring (bicyclic) bond motifs is 1. The average molecular weight is 282 g/mol. The van der Waals surface area contributed by atoms with E-state index in [0.717, 1.165) is 41.3 Å². The van der Waals surface area contributed by atoms with Crippen molar-refractivity contribution in [3.8, 4) is 11.5 Å². The van der Waals surface area contributed by atoms with E-state index >= 15 is 0 Å². The number of hydrogen-bond donors (Lipinski definition) is 1. The van der Waals surface area contributed by atoms with Gasteiger partial charge in [-0.3, -0.25) is 0 Å². The second-order valence-electron chi connectivity index (χ2n) is 4.10. The fraction of sp³-hybridized carbons (Fsp3) is 0.364. The molecule has 3 rings (SSSR count). The van der Waals surface area contributed by atoms with E-state index in [1.165, 1.54) is 0 Å². The Labute approximate surface area is 102 Å². The van der Waals surface area contributed by atoms with Gasteiger partial charge in [0, 0.05) is 25.2 Å². The van der Waals surface area contributed by atoms with Gasteiger partial charge in [0.05, 0.1) is 0 Å². The van der Waals surface area contributed by atoms with Gasteiger partial charge in [0.15, 0.2) is 10.4 Å². The van der Waals surface area contributed by atoms with Gasteiger partial charge < -0.3 is 14.7 Å². The molecule has 2 aromatic rings. The Morgan fingerprint density at radius 3 is 3.12 bits per heavy atom. The van der Waals surface area contributed by atoms with E-state index < -0.39 is 0 Å². The summed E-state index contributed by atoms with van der Waals surface area (Å²) in [6, 6.07) is 4.04. The monoisotopic (exact) mass is 281 g/mol. The lowest BCUT2D eigenvalue weighted by molar-refractivity contribution is 0.453. The number of aryl methyl sites for hydroxylation is 1. The molecule has 0 spiro atoms. The first-order valence-corrected chi connectivity index (χ1v) is 6.09. The van der Waals surface area contributed by atoms with Gasteiger partial charge in [0.25, 0.3) is 0 Å². The maximum atomic E-state index is 5.92. The van der Waals surface area contributed by atoms with Crippen LogP contribution in [0.3, 0.4) is 0 Å². The van der Waals surface area contributed by atoms with Crippen molar-refractivity contribution in [3.63, 3.8) is 0 Å². The Balaban J connectivity index is 1.98. The number of nitrogens with zero attached hydrogens (tertiary/aromatic N) is 2. The number of halogens is 1. The van der Waals surface area contributed by atoms with Crippen molar-refractivity contribution in [1.82, 2.24) is 9.55 Å². The molecule has 4 nitrogen and oxygen atoms in total. The summed E-state index contributed by atoms with van der Waals surface area (Å²) in [5.41, 5.74) is 6.81. The Morgan fingerprint density at radius 2 is 2.38 bits per heavy atom. The van der Waals surface area contributed by atoms with Crippen molar-refractivity contribution in [3.05, 3.63) is 28.8 Å². The van der Waals surface area contributed by atoms with Gasteiger partial charge >= 0.3 is 0 Å². The summed E-state index contributed by atoms with van der Waals surface area (Å²) in [5, 5.41) is 0. The van der Waals surface area contributed by atoms with E-state index in [9.17, 15) is 0 Å². The molecular formula is C11H12BrN3O. The van der Waals surface area contributed by atoms with Crippen LogP contribution in [0.5, 0.6) is 0 Å². The molecule has 0 saturated carbocycles. The second-order valence-corrected chi connectivity index (χ2v) is 4.88. The minimum atomic E-state index is 0.248. The van der Waals surface area contributed by atoms with Gasteiger partial charge in [-0.25, -0.2) is 4.98 Å². The zero-order chi connectivity index (χ0) is 11.1. The SMILES string of the molecule is NC1CCc2nc(-c3ccc(Br)o3)cn2C1. The molecule has 0 aromatic carbocycles. The molecule has 1 aliphatic rings. The van der Waals surface area contributed by atoms with Crippen LogP contribution in [0.25, 0.3) is 11.5 Å². The molecule has 3 heterocycles. The fourth-order valence-electron chi connectivity index (χ4n) is 2.04. The molecule has 0 amide bonds. The third-order valence-electron chi connectivity index (χ3n) is 2.85. The summed E-state index contributed by atoms with van der Waals surface area (Å²) in [4.78, 5) is 4.56. The van der Waals surface area contributed by atoms with Crippen LogP contribution in [0.1, 0.15) is 12.2 Å². The van der Waals surface area contributed by atoms with Crippen molar-refractivity contribution >= 4 is 15.9 Å². The lowest BCUT2D eigenvalue weighted by atomic mass is 10.1. The lowest BCUT2D eigenvalue weighted by Crippen LogP contribution is -2.31. The van der Waals surface area contributed by atoms with Crippen molar-refractivity contribution in [2.75, 3.05) is 0 Å². The van der Waals surface area contributed by atoms with Gasteiger partial charge in [-0.1, -0.05) is 0 Å². The first-order valence-electron chi connectivity index (χ1n) is 5.30. The second kappa shape index (κ2) is 3.75. The first-order chi connectivity index (χ1) is 7.72. The van der Waals surface area contributed by atoms with E-state index in [4.69, 9.17) is 10.2 Å². The molecule has 5 heteroatoms. The highest BCUT2D eigenvalue weighted by molar-refractivity contribution is 9.10. The van der Waals surface area contributed by atoms with Gasteiger partial charge in [-0.05, 0) is 34.5 Å². The van der Waals surface area contributed by atoms with Crippen molar-refractivity contribution < 1.29 is 4.42 Å². The molecule has 0 aliphatic carbocycles. The van der Waals surface area contributed by atoms with Crippen LogP contribution in [0.2, 0.25) is 0 Å². The number of hydrogen-bond acceptors (Lipinski definition) is 3. The largest absolute Gasteiger partial charge is 0.448 e. The van der Waals surface area contributed by atoms with Crippen molar-refractivity contribution in [1.29, 1.82) is 0 Å². The Kier molecular flexibility index (Phi) is 2.37. The smallest absolute Gasteiger partial charge is 0.169 e. The molecule has 16 heavy (non-hydrogen) atoms. The number of rotatable bonds is 1. The third-order valence-corrected chi connectivity index (χ3v) is 3.28. The minimum absolute atomic E-state index is 0.248. The van der Waals surface area contributed by atoms with Crippen LogP contribution in [-0.4, -0.2) is 15.6 Å². The zero-order valence-electron chi connectivity index (χ0n) is 8.69. The number of nitrogens with two attached hydrogens (primary N) is 1. The fourth-order valence-corrected chi connectivity index (χ4v) is 2.35. The zero-order valence-corrected chi connectivity index (χ0v) is 10.3. The van der Waals surface area contributed by atoms with Crippen molar-refractivity contribution in [2.45, 2.75) is 25.4 Å². The number of furan rings is 1. The molecule has 2 aromatic heterocycles. The van der Waals surface area contributed by atoms with Crippen molar-refractivity contribution in [2.24, 2.45) is 5.73 Å². The molecular weight excluding hydrogens is 270 g/mol. The van der Waals surface area contributed by atoms with E-state index in [1.54, 1.807) is 0 Å². The molecule has 1 unspecified atom stereocenters. The standard InChI is InChI=1S/C11H12BrN3O/c12-10-3-2-9(16-10)8-6-15-5-7(13)1-4-11(15)14-8/h2-3,6-7H,1,4-5,13H2. The van der Waals surface area contributed by atoms with Crippen LogP contribution in [0.4, 0.5) is 0 Å². The summed E-state index contributed by atoms with van der Waals surface area (Å²) in [5.74, 6) is 1.89. The third kappa shape index (κ3) is 1.70. The van der Waals surface area contributed by atoms with E-state index in [0.29, 0.717) is 0 Å². The van der Waals surface area contributed by atoms with Crippen LogP contribution >= 0.6 is 15.9 Å². The average Bonchev–Trinajstić information content (AvgIpc) is 2.83. The predicted molar refractivity (Wildman–Crippen MR) is 63.9 cm³/mol. The van der Waals surface area contributed by atoms with E-state index in [-0.39, 0.29) is 6.04 Å². The minimum Gasteiger partial charge on any atom is -0.448 e. The molecule has 0 bridgehead atoms. The van der Waals surface area contributed by atoms with E-state index in [2.05, 4.69) is 25.5 Å². The van der Waals surface area contributed by atoms with Crippen LogP contribution in [-0.2, 0) is 13.0 Å². The number of imidazole rings is 1. The highest BCUT2D eigenvalue weighted by Gasteiger charge is 2.18. The lowest BCUT2D eigenvalue weighted by Gasteiger charge is -2.19. The molecule has 1 aliphatic heterocycles. The molecule has 0 saturated heterocycles. The van der Waals surface area contributed by atoms with Crippen LogP contribution in [0.15, 0.2) is 27.4 Å². The Hall–Kier alpha value is -1.07. The summed E-state index contributed by atoms with van der Waals surface area (Å²) >= 11 is 3.29. The quantitative estimate of drug-likeness (QED) is 0.872. The van der Waals surface area contributed by atoms with Crippen LogP contribution in [0, 0.1) is 0 Å². The summed E-state index contributed by atoms with van der Waals surface area (Å²) in [6.07, 6.45) is 3.97. The molecule has 0 fully saturated rings. The first kappa shape index (κ1) is 10.1. The maximum absolute atomic E-state index is 5.92.